The van der Waals surface area contributed by atoms with E-state index in [-0.39, 0.29) is 30.6 Å². The maximum absolute atomic E-state index is 11.7. The molecule has 0 spiro atoms. The average molecular weight is 354 g/mol. The van der Waals surface area contributed by atoms with Crippen LogP contribution < -0.4 is 5.32 Å². The van der Waals surface area contributed by atoms with E-state index in [9.17, 15) is 18.0 Å². The molecule has 1 aromatic rings. The van der Waals surface area contributed by atoms with Gasteiger partial charge in [-0.1, -0.05) is 29.8 Å². The largest absolute Gasteiger partial charge is 0.455 e. The molecule has 1 aliphatic heterocycles. The summed E-state index contributed by atoms with van der Waals surface area (Å²) in [5, 5.41) is 2.68. The zero-order valence-corrected chi connectivity index (χ0v) is 14.5. The highest BCUT2D eigenvalue weighted by atomic mass is 32.2. The van der Waals surface area contributed by atoms with Crippen LogP contribution in [0.25, 0.3) is 0 Å². The predicted octanol–water partition coefficient (Wildman–Crippen LogP) is -0.115. The van der Waals surface area contributed by atoms with Gasteiger partial charge in [0.25, 0.3) is 5.91 Å². The van der Waals surface area contributed by atoms with Crippen molar-refractivity contribution in [3.8, 4) is 0 Å². The van der Waals surface area contributed by atoms with Gasteiger partial charge in [0.1, 0.15) is 0 Å². The van der Waals surface area contributed by atoms with Crippen molar-refractivity contribution in [1.82, 2.24) is 10.2 Å². The van der Waals surface area contributed by atoms with E-state index in [1.165, 1.54) is 0 Å². The molecule has 1 N–H and O–H groups in total. The van der Waals surface area contributed by atoms with Gasteiger partial charge in [-0.3, -0.25) is 14.5 Å². The van der Waals surface area contributed by atoms with Crippen LogP contribution in [0.3, 0.4) is 0 Å². The number of ether oxygens (including phenoxy) is 1. The molecule has 1 fully saturated rings. The van der Waals surface area contributed by atoms with E-state index in [1.54, 1.807) is 4.90 Å². The molecule has 1 heterocycles. The molecule has 1 saturated heterocycles. The van der Waals surface area contributed by atoms with Crippen molar-refractivity contribution in [2.75, 3.05) is 37.7 Å². The van der Waals surface area contributed by atoms with Gasteiger partial charge in [0.15, 0.2) is 16.4 Å². The van der Waals surface area contributed by atoms with Crippen LogP contribution in [-0.4, -0.2) is 62.9 Å². The minimum atomic E-state index is -2.97. The number of esters is 1. The van der Waals surface area contributed by atoms with Gasteiger partial charge in [-0.2, -0.15) is 0 Å². The van der Waals surface area contributed by atoms with Crippen molar-refractivity contribution in [3.63, 3.8) is 0 Å². The Balaban J connectivity index is 1.64. The Kier molecular flexibility index (Phi) is 6.33. The first-order valence-electron chi connectivity index (χ1n) is 7.75. The normalized spacial score (nSPS) is 17.2. The van der Waals surface area contributed by atoms with Gasteiger partial charge in [0.2, 0.25) is 0 Å². The molecule has 0 bridgehead atoms. The lowest BCUT2D eigenvalue weighted by atomic mass is 10.1. The second kappa shape index (κ2) is 8.25. The molecule has 24 heavy (non-hydrogen) atoms. The summed E-state index contributed by atoms with van der Waals surface area (Å²) in [6, 6.07) is 7.76. The molecule has 132 valence electrons. The average Bonchev–Trinajstić information content (AvgIpc) is 2.54. The van der Waals surface area contributed by atoms with E-state index < -0.39 is 15.8 Å². The van der Waals surface area contributed by atoms with E-state index in [1.807, 2.05) is 31.2 Å². The summed E-state index contributed by atoms with van der Waals surface area (Å²) in [6.07, 6.45) is 0. The second-order valence-electron chi connectivity index (χ2n) is 5.85. The molecule has 1 aromatic carbocycles. The van der Waals surface area contributed by atoms with Gasteiger partial charge in [-0.25, -0.2) is 8.42 Å². The van der Waals surface area contributed by atoms with Gasteiger partial charge < -0.3 is 10.1 Å². The molecular formula is C16H22N2O5S. The van der Waals surface area contributed by atoms with Gasteiger partial charge in [0, 0.05) is 19.6 Å². The number of carbonyl (C=O) groups excluding carboxylic acids is 2. The third-order valence-electron chi connectivity index (χ3n) is 3.76. The smallest absolute Gasteiger partial charge is 0.320 e. The maximum Gasteiger partial charge on any atom is 0.320 e. The van der Waals surface area contributed by atoms with Crippen LogP contribution in [0.15, 0.2) is 24.3 Å². The summed E-state index contributed by atoms with van der Waals surface area (Å²) in [5.74, 6) is -0.792. The number of hydrogen-bond donors (Lipinski definition) is 1. The Morgan fingerprint density at radius 3 is 2.42 bits per heavy atom. The molecule has 1 aliphatic rings. The van der Waals surface area contributed by atoms with E-state index in [0.29, 0.717) is 19.6 Å². The fraction of sp³-hybridized carbons (Fsp3) is 0.500. The topological polar surface area (TPSA) is 92.8 Å². The zero-order chi connectivity index (χ0) is 17.6. The minimum Gasteiger partial charge on any atom is -0.455 e. The van der Waals surface area contributed by atoms with E-state index in [0.717, 1.165) is 11.1 Å². The Bertz CT molecular complexity index is 671. The molecule has 2 rings (SSSR count). The predicted molar refractivity (Wildman–Crippen MR) is 89.1 cm³/mol. The summed E-state index contributed by atoms with van der Waals surface area (Å²) < 4.78 is 27.5. The summed E-state index contributed by atoms with van der Waals surface area (Å²) in [7, 11) is -2.97. The molecule has 0 radical (unpaired) electrons. The van der Waals surface area contributed by atoms with Gasteiger partial charge >= 0.3 is 5.97 Å². The number of nitrogens with zero attached hydrogens (tertiary/aromatic N) is 1. The third-order valence-corrected chi connectivity index (χ3v) is 5.37. The Labute approximate surface area is 141 Å². The van der Waals surface area contributed by atoms with Crippen molar-refractivity contribution in [2.45, 2.75) is 13.5 Å². The summed E-state index contributed by atoms with van der Waals surface area (Å²) in [6.45, 7) is 2.66. The second-order valence-corrected chi connectivity index (χ2v) is 8.15. The van der Waals surface area contributed by atoms with Crippen molar-refractivity contribution in [1.29, 1.82) is 0 Å². The first-order valence-corrected chi connectivity index (χ1v) is 9.57. The Morgan fingerprint density at radius 2 is 1.79 bits per heavy atom. The number of rotatable bonds is 6. The highest BCUT2D eigenvalue weighted by molar-refractivity contribution is 7.91. The van der Waals surface area contributed by atoms with Crippen molar-refractivity contribution < 1.29 is 22.7 Å². The number of aryl methyl sites for hydroxylation is 1. The highest BCUT2D eigenvalue weighted by Crippen LogP contribution is 2.04. The standard InChI is InChI=1S/C16H22N2O5S/c1-13-2-4-14(5-3-13)10-17-15(19)12-23-16(20)11-18-6-8-24(21,22)9-7-18/h2-5H,6-12H2,1H3,(H,17,19). The quantitative estimate of drug-likeness (QED) is 0.717. The Morgan fingerprint density at radius 1 is 1.17 bits per heavy atom. The molecule has 1 amide bonds. The van der Waals surface area contributed by atoms with E-state index in [2.05, 4.69) is 5.32 Å². The number of nitrogens with one attached hydrogen (secondary N) is 1. The van der Waals surface area contributed by atoms with Crippen LogP contribution >= 0.6 is 0 Å². The van der Waals surface area contributed by atoms with Gasteiger partial charge in [-0.15, -0.1) is 0 Å². The summed E-state index contributed by atoms with van der Waals surface area (Å²) in [5.41, 5.74) is 2.11. The lowest BCUT2D eigenvalue weighted by Gasteiger charge is -2.25. The SMILES string of the molecule is Cc1ccc(CNC(=O)COC(=O)CN2CCS(=O)(=O)CC2)cc1. The van der Waals surface area contributed by atoms with Crippen molar-refractivity contribution in [2.24, 2.45) is 0 Å². The van der Waals surface area contributed by atoms with Crippen molar-refractivity contribution >= 4 is 21.7 Å². The molecule has 0 atom stereocenters. The summed E-state index contributed by atoms with van der Waals surface area (Å²) >= 11 is 0. The first-order chi connectivity index (χ1) is 11.3. The van der Waals surface area contributed by atoms with Crippen LogP contribution in [0.5, 0.6) is 0 Å². The Hall–Kier alpha value is -1.93. The number of carbonyl (C=O) groups is 2. The monoisotopic (exact) mass is 354 g/mol. The molecule has 0 aromatic heterocycles. The van der Waals surface area contributed by atoms with Crippen LogP contribution in [0.1, 0.15) is 11.1 Å². The summed E-state index contributed by atoms with van der Waals surface area (Å²) in [4.78, 5) is 25.1. The first kappa shape index (κ1) is 18.4. The van der Waals surface area contributed by atoms with Crippen LogP contribution in [0.4, 0.5) is 0 Å². The third kappa shape index (κ3) is 6.29. The number of hydrogen-bond acceptors (Lipinski definition) is 6. The molecule has 0 unspecified atom stereocenters. The minimum absolute atomic E-state index is 0.000756. The highest BCUT2D eigenvalue weighted by Gasteiger charge is 2.23. The van der Waals surface area contributed by atoms with E-state index in [4.69, 9.17) is 4.74 Å². The number of benzene rings is 1. The fourth-order valence-corrected chi connectivity index (χ4v) is 3.52. The lowest BCUT2D eigenvalue weighted by molar-refractivity contribution is -0.149. The van der Waals surface area contributed by atoms with Gasteiger partial charge in [-0.05, 0) is 12.5 Å². The molecule has 8 heteroatoms. The number of sulfone groups is 1. The lowest BCUT2D eigenvalue weighted by Crippen LogP contribution is -2.43. The molecular weight excluding hydrogens is 332 g/mol. The van der Waals surface area contributed by atoms with Crippen LogP contribution in [-0.2, 0) is 30.7 Å². The van der Waals surface area contributed by atoms with Crippen molar-refractivity contribution in [3.05, 3.63) is 35.4 Å². The zero-order valence-electron chi connectivity index (χ0n) is 13.7. The van der Waals surface area contributed by atoms with E-state index >= 15 is 0 Å². The molecule has 7 nitrogen and oxygen atoms in total. The molecule has 0 aliphatic carbocycles. The van der Waals surface area contributed by atoms with Crippen LogP contribution in [0.2, 0.25) is 0 Å². The molecule has 0 saturated carbocycles. The number of amides is 1. The van der Waals surface area contributed by atoms with Crippen LogP contribution in [0, 0.1) is 6.92 Å². The van der Waals surface area contributed by atoms with Gasteiger partial charge in [0.05, 0.1) is 18.1 Å². The fourth-order valence-electron chi connectivity index (χ4n) is 2.24. The maximum atomic E-state index is 11.7.